The lowest BCUT2D eigenvalue weighted by Gasteiger charge is -2.25. The van der Waals surface area contributed by atoms with E-state index in [2.05, 4.69) is 61.4 Å². The standard InChI is InChI=1S/C29H30F3N3O/c1-17(2)23-12-9-13-24(18(3)4)26(23)33-25(20-10-7-6-8-11-20)28-34-27(35-36-28)21-14-19(5)15-22(16-21)29(30,31)32/h6-18,25,33H,1-5H3. The van der Waals surface area contributed by atoms with Gasteiger partial charge in [-0.05, 0) is 59.2 Å². The molecule has 1 aromatic heterocycles. The van der Waals surface area contributed by atoms with Crippen molar-refractivity contribution in [3.05, 3.63) is 100 Å². The van der Waals surface area contributed by atoms with Crippen molar-refractivity contribution in [2.75, 3.05) is 5.32 Å². The lowest BCUT2D eigenvalue weighted by molar-refractivity contribution is -0.137. The molecule has 1 heterocycles. The molecule has 0 radical (unpaired) electrons. The number of hydrogen-bond acceptors (Lipinski definition) is 4. The van der Waals surface area contributed by atoms with Gasteiger partial charge < -0.3 is 9.84 Å². The van der Waals surface area contributed by atoms with Gasteiger partial charge in [-0.15, -0.1) is 0 Å². The summed E-state index contributed by atoms with van der Waals surface area (Å²) in [6, 6.07) is 19.3. The highest BCUT2D eigenvalue weighted by Crippen LogP contribution is 2.37. The van der Waals surface area contributed by atoms with Crippen LogP contribution in [0.5, 0.6) is 0 Å². The lowest BCUT2D eigenvalue weighted by Crippen LogP contribution is -2.16. The van der Waals surface area contributed by atoms with Gasteiger partial charge in [0.25, 0.3) is 5.89 Å². The molecule has 36 heavy (non-hydrogen) atoms. The monoisotopic (exact) mass is 493 g/mol. The Morgan fingerprint density at radius 3 is 2.06 bits per heavy atom. The summed E-state index contributed by atoms with van der Waals surface area (Å²) < 4.78 is 45.8. The molecule has 0 spiro atoms. The summed E-state index contributed by atoms with van der Waals surface area (Å²) in [6.07, 6.45) is -4.46. The average Bonchev–Trinajstić information content (AvgIpc) is 3.32. The van der Waals surface area contributed by atoms with Crippen molar-refractivity contribution in [2.24, 2.45) is 0 Å². The van der Waals surface area contributed by atoms with Crippen molar-refractivity contribution in [1.29, 1.82) is 0 Å². The number of benzene rings is 3. The molecule has 4 aromatic rings. The van der Waals surface area contributed by atoms with Crippen LogP contribution in [0.1, 0.15) is 79.3 Å². The van der Waals surface area contributed by atoms with Crippen molar-refractivity contribution < 1.29 is 17.7 Å². The number of hydrogen-bond donors (Lipinski definition) is 1. The van der Waals surface area contributed by atoms with Crippen LogP contribution in [-0.2, 0) is 6.18 Å². The first-order valence-corrected chi connectivity index (χ1v) is 12.0. The van der Waals surface area contributed by atoms with Crippen LogP contribution < -0.4 is 5.32 Å². The minimum absolute atomic E-state index is 0.114. The topological polar surface area (TPSA) is 51.0 Å². The van der Waals surface area contributed by atoms with Gasteiger partial charge in [0.1, 0.15) is 6.04 Å². The van der Waals surface area contributed by atoms with E-state index in [1.165, 1.54) is 0 Å². The summed E-state index contributed by atoms with van der Waals surface area (Å²) in [5.74, 6) is 0.936. The molecule has 1 unspecified atom stereocenters. The number of nitrogens with one attached hydrogen (secondary N) is 1. The van der Waals surface area contributed by atoms with Gasteiger partial charge in [0.05, 0.1) is 5.56 Å². The van der Waals surface area contributed by atoms with E-state index in [0.717, 1.165) is 34.5 Å². The highest BCUT2D eigenvalue weighted by Gasteiger charge is 2.32. The fourth-order valence-electron chi connectivity index (χ4n) is 4.34. The van der Waals surface area contributed by atoms with Crippen molar-refractivity contribution in [2.45, 2.75) is 58.7 Å². The molecule has 0 bridgehead atoms. The predicted octanol–water partition coefficient (Wildman–Crippen LogP) is 8.51. The van der Waals surface area contributed by atoms with E-state index in [4.69, 9.17) is 4.52 Å². The molecule has 0 aliphatic carbocycles. The van der Waals surface area contributed by atoms with Crippen molar-refractivity contribution in [1.82, 2.24) is 10.1 Å². The first-order valence-electron chi connectivity index (χ1n) is 12.0. The van der Waals surface area contributed by atoms with Gasteiger partial charge in [0.2, 0.25) is 5.82 Å². The molecule has 7 heteroatoms. The van der Waals surface area contributed by atoms with Crippen LogP contribution in [0.3, 0.4) is 0 Å². The number of anilines is 1. The quantitative estimate of drug-likeness (QED) is 0.280. The maximum absolute atomic E-state index is 13.4. The highest BCUT2D eigenvalue weighted by molar-refractivity contribution is 5.62. The Bertz CT molecular complexity index is 1300. The fourth-order valence-corrected chi connectivity index (χ4v) is 4.34. The molecule has 1 atom stereocenters. The number of alkyl halides is 3. The van der Waals surface area contributed by atoms with Crippen molar-refractivity contribution in [3.8, 4) is 11.4 Å². The zero-order valence-corrected chi connectivity index (χ0v) is 21.0. The van der Waals surface area contributed by atoms with Gasteiger partial charge in [-0.2, -0.15) is 18.2 Å². The largest absolute Gasteiger partial charge is 0.416 e. The van der Waals surface area contributed by atoms with E-state index >= 15 is 0 Å². The number of rotatable bonds is 7. The number of nitrogens with zero attached hydrogens (tertiary/aromatic N) is 2. The SMILES string of the molecule is Cc1cc(-c2noc(C(Nc3c(C(C)C)cccc3C(C)C)c3ccccc3)n2)cc(C(F)(F)F)c1. The highest BCUT2D eigenvalue weighted by atomic mass is 19.4. The summed E-state index contributed by atoms with van der Waals surface area (Å²) in [6.45, 7) is 10.2. The normalized spacial score (nSPS) is 12.8. The van der Waals surface area contributed by atoms with Crippen LogP contribution in [-0.4, -0.2) is 10.1 Å². The molecule has 0 amide bonds. The number of aryl methyl sites for hydroxylation is 1. The van der Waals surface area contributed by atoms with E-state index in [1.807, 2.05) is 30.3 Å². The van der Waals surface area contributed by atoms with E-state index < -0.39 is 17.8 Å². The van der Waals surface area contributed by atoms with Crippen LogP contribution in [0.15, 0.2) is 71.3 Å². The molecule has 4 rings (SSSR count). The molecule has 4 nitrogen and oxygen atoms in total. The van der Waals surface area contributed by atoms with E-state index in [1.54, 1.807) is 13.0 Å². The van der Waals surface area contributed by atoms with E-state index in [9.17, 15) is 13.2 Å². The molecule has 3 aromatic carbocycles. The summed E-state index contributed by atoms with van der Waals surface area (Å²) >= 11 is 0. The summed E-state index contributed by atoms with van der Waals surface area (Å²) in [4.78, 5) is 4.56. The van der Waals surface area contributed by atoms with Crippen LogP contribution >= 0.6 is 0 Å². The first-order chi connectivity index (χ1) is 17.0. The van der Waals surface area contributed by atoms with Gasteiger partial charge in [-0.1, -0.05) is 81.4 Å². The lowest BCUT2D eigenvalue weighted by atomic mass is 9.91. The van der Waals surface area contributed by atoms with Gasteiger partial charge in [0.15, 0.2) is 0 Å². The van der Waals surface area contributed by atoms with Gasteiger partial charge in [-0.25, -0.2) is 0 Å². The second kappa shape index (κ2) is 10.2. The van der Waals surface area contributed by atoms with Gasteiger partial charge in [0, 0.05) is 11.3 Å². The minimum Gasteiger partial charge on any atom is -0.370 e. The van der Waals surface area contributed by atoms with E-state index in [-0.39, 0.29) is 29.1 Å². The van der Waals surface area contributed by atoms with Crippen LogP contribution in [0.2, 0.25) is 0 Å². The molecule has 1 N–H and O–H groups in total. The molecular weight excluding hydrogens is 463 g/mol. The Kier molecular flexibility index (Phi) is 7.20. The summed E-state index contributed by atoms with van der Waals surface area (Å²) in [5, 5.41) is 7.71. The number of para-hydroxylation sites is 1. The molecule has 0 saturated heterocycles. The van der Waals surface area contributed by atoms with Crippen LogP contribution in [0.4, 0.5) is 18.9 Å². The van der Waals surface area contributed by atoms with Crippen molar-refractivity contribution in [3.63, 3.8) is 0 Å². The third-order valence-electron chi connectivity index (χ3n) is 6.15. The smallest absolute Gasteiger partial charge is 0.370 e. The van der Waals surface area contributed by atoms with E-state index in [0.29, 0.717) is 5.56 Å². The van der Waals surface area contributed by atoms with Crippen molar-refractivity contribution >= 4 is 5.69 Å². The van der Waals surface area contributed by atoms with Gasteiger partial charge >= 0.3 is 6.18 Å². The minimum atomic E-state index is -4.46. The van der Waals surface area contributed by atoms with Crippen LogP contribution in [0, 0.1) is 6.92 Å². The predicted molar refractivity (Wildman–Crippen MR) is 136 cm³/mol. The Balaban J connectivity index is 1.80. The Labute approximate surface area is 209 Å². The Morgan fingerprint density at radius 1 is 0.833 bits per heavy atom. The molecular formula is C29H30F3N3O. The molecule has 188 valence electrons. The molecule has 0 aliphatic rings. The summed E-state index contributed by atoms with van der Waals surface area (Å²) in [7, 11) is 0. The Morgan fingerprint density at radius 2 is 1.47 bits per heavy atom. The van der Waals surface area contributed by atoms with Crippen LogP contribution in [0.25, 0.3) is 11.4 Å². The average molecular weight is 494 g/mol. The third kappa shape index (κ3) is 5.45. The second-order valence-electron chi connectivity index (χ2n) is 9.65. The fraction of sp³-hybridized carbons (Fsp3) is 0.310. The molecule has 0 aliphatic heterocycles. The molecule has 0 fully saturated rings. The number of aromatic nitrogens is 2. The van der Waals surface area contributed by atoms with Gasteiger partial charge in [-0.3, -0.25) is 0 Å². The Hall–Kier alpha value is -3.61. The maximum Gasteiger partial charge on any atom is 0.416 e. The first kappa shape index (κ1) is 25.5. The summed E-state index contributed by atoms with van der Waals surface area (Å²) in [5.41, 5.74) is 4.22. The second-order valence-corrected chi connectivity index (χ2v) is 9.65. The zero-order valence-electron chi connectivity index (χ0n) is 21.0. The molecule has 0 saturated carbocycles. The number of halogens is 3. The third-order valence-corrected chi connectivity index (χ3v) is 6.15. The zero-order chi connectivity index (χ0) is 26.0. The maximum atomic E-state index is 13.4.